The van der Waals surface area contributed by atoms with Crippen molar-refractivity contribution in [3.8, 4) is 0 Å². The molecule has 4 rings (SSSR count). The van der Waals surface area contributed by atoms with Crippen LogP contribution in [0.3, 0.4) is 0 Å². The molecule has 114 valence electrons. The van der Waals surface area contributed by atoms with Crippen molar-refractivity contribution in [3.05, 3.63) is 53.9 Å². The van der Waals surface area contributed by atoms with Crippen molar-refractivity contribution in [2.24, 2.45) is 5.92 Å². The molecule has 1 aromatic carbocycles. The number of amides is 1. The zero-order valence-electron chi connectivity index (χ0n) is 12.2. The summed E-state index contributed by atoms with van der Waals surface area (Å²) in [6.45, 7) is 0.790. The van der Waals surface area contributed by atoms with Crippen LogP contribution in [0, 0.1) is 11.7 Å². The van der Waals surface area contributed by atoms with Gasteiger partial charge in [0.2, 0.25) is 5.91 Å². The summed E-state index contributed by atoms with van der Waals surface area (Å²) >= 11 is 0. The molecule has 1 N–H and O–H groups in total. The minimum atomic E-state index is -0.233. The monoisotopic (exact) mass is 299 g/mol. The van der Waals surface area contributed by atoms with Crippen LogP contribution in [0.2, 0.25) is 0 Å². The van der Waals surface area contributed by atoms with Gasteiger partial charge >= 0.3 is 0 Å². The minimum Gasteiger partial charge on any atom is -0.351 e. The zero-order chi connectivity index (χ0) is 15.1. The van der Waals surface area contributed by atoms with Crippen LogP contribution in [0.25, 0.3) is 0 Å². The Labute approximate surface area is 128 Å². The Balaban J connectivity index is 1.36. The molecule has 1 aliphatic heterocycles. The third-order valence-corrected chi connectivity index (χ3v) is 4.69. The van der Waals surface area contributed by atoms with Gasteiger partial charge in [0, 0.05) is 37.3 Å². The molecule has 2 aliphatic rings. The smallest absolute Gasteiger partial charge is 0.224 e. The van der Waals surface area contributed by atoms with Crippen molar-refractivity contribution >= 4 is 5.91 Å². The number of nitrogens with one attached hydrogen (secondary N) is 1. The molecule has 0 saturated heterocycles. The second kappa shape index (κ2) is 5.23. The number of carbonyl (C=O) groups is 1. The van der Waals surface area contributed by atoms with Crippen molar-refractivity contribution < 1.29 is 9.18 Å². The van der Waals surface area contributed by atoms with E-state index in [4.69, 9.17) is 0 Å². The number of benzene rings is 1. The quantitative estimate of drug-likeness (QED) is 0.945. The van der Waals surface area contributed by atoms with E-state index in [9.17, 15) is 9.18 Å². The third-order valence-electron chi connectivity index (χ3n) is 4.69. The Morgan fingerprint density at radius 1 is 1.41 bits per heavy atom. The van der Waals surface area contributed by atoms with Gasteiger partial charge in [-0.05, 0) is 36.5 Å². The fourth-order valence-corrected chi connectivity index (χ4v) is 3.38. The highest BCUT2D eigenvalue weighted by Crippen LogP contribution is 2.47. The van der Waals surface area contributed by atoms with Crippen LogP contribution in [-0.4, -0.2) is 21.5 Å². The number of carbonyl (C=O) groups excluding carboxylic acids is 1. The predicted molar refractivity (Wildman–Crippen MR) is 79.7 cm³/mol. The van der Waals surface area contributed by atoms with Crippen LogP contribution in [0.15, 0.2) is 36.7 Å². The van der Waals surface area contributed by atoms with Gasteiger partial charge in [-0.1, -0.05) is 12.1 Å². The van der Waals surface area contributed by atoms with E-state index >= 15 is 0 Å². The number of fused-ring (bicyclic) bond motifs is 1. The number of imidazole rings is 1. The lowest BCUT2D eigenvalue weighted by Crippen LogP contribution is -2.41. The van der Waals surface area contributed by atoms with E-state index in [1.54, 1.807) is 12.3 Å². The SMILES string of the molecule is O=C(N[C@@H]1CCc2nccn2C1)[C@@H]1C[C@H]1c1cccc(F)c1. The van der Waals surface area contributed by atoms with Crippen LogP contribution in [0.4, 0.5) is 4.39 Å². The first-order valence-electron chi connectivity index (χ1n) is 7.76. The van der Waals surface area contributed by atoms with E-state index < -0.39 is 0 Å². The average Bonchev–Trinajstić information content (AvgIpc) is 3.18. The number of hydrogen-bond donors (Lipinski definition) is 1. The first-order valence-corrected chi connectivity index (χ1v) is 7.76. The molecule has 5 heteroatoms. The molecule has 1 amide bonds. The number of rotatable bonds is 3. The van der Waals surface area contributed by atoms with Gasteiger partial charge in [-0.15, -0.1) is 0 Å². The highest BCUT2D eigenvalue weighted by molar-refractivity contribution is 5.83. The average molecular weight is 299 g/mol. The summed E-state index contributed by atoms with van der Waals surface area (Å²) in [6.07, 6.45) is 6.41. The molecule has 0 unspecified atom stereocenters. The standard InChI is InChI=1S/C17H18FN3O/c18-12-3-1-2-11(8-12)14-9-15(14)17(22)20-13-4-5-16-19-6-7-21(16)10-13/h1-3,6-8,13-15H,4-5,9-10H2,(H,20,22)/t13-,14+,15-/m1/s1. The molecule has 22 heavy (non-hydrogen) atoms. The maximum Gasteiger partial charge on any atom is 0.224 e. The van der Waals surface area contributed by atoms with Crippen LogP contribution >= 0.6 is 0 Å². The number of aryl methyl sites for hydroxylation is 1. The highest BCUT2D eigenvalue weighted by atomic mass is 19.1. The minimum absolute atomic E-state index is 0.00835. The molecule has 0 radical (unpaired) electrons. The summed E-state index contributed by atoms with van der Waals surface area (Å²) in [5, 5.41) is 3.14. The van der Waals surface area contributed by atoms with Gasteiger partial charge in [0.1, 0.15) is 11.6 Å². The van der Waals surface area contributed by atoms with Crippen molar-refractivity contribution in [1.82, 2.24) is 14.9 Å². The van der Waals surface area contributed by atoms with E-state index in [1.165, 1.54) is 12.1 Å². The normalized spacial score (nSPS) is 26.3. The topological polar surface area (TPSA) is 46.9 Å². The van der Waals surface area contributed by atoms with Gasteiger partial charge in [-0.2, -0.15) is 0 Å². The van der Waals surface area contributed by atoms with E-state index in [2.05, 4.69) is 14.9 Å². The molecule has 1 aliphatic carbocycles. The molecule has 1 saturated carbocycles. The summed E-state index contributed by atoms with van der Waals surface area (Å²) in [5.41, 5.74) is 0.931. The van der Waals surface area contributed by atoms with Gasteiger partial charge in [0.15, 0.2) is 0 Å². The van der Waals surface area contributed by atoms with Gasteiger partial charge in [0.05, 0.1) is 0 Å². The van der Waals surface area contributed by atoms with Crippen molar-refractivity contribution in [3.63, 3.8) is 0 Å². The summed E-state index contributed by atoms with van der Waals surface area (Å²) in [6, 6.07) is 6.75. The Morgan fingerprint density at radius 3 is 3.18 bits per heavy atom. The largest absolute Gasteiger partial charge is 0.351 e. The molecule has 4 nitrogen and oxygen atoms in total. The number of nitrogens with zero attached hydrogens (tertiary/aromatic N) is 2. The number of hydrogen-bond acceptors (Lipinski definition) is 2. The summed E-state index contributed by atoms with van der Waals surface area (Å²) in [7, 11) is 0. The molecular formula is C17H18FN3O. The van der Waals surface area contributed by atoms with Crippen LogP contribution < -0.4 is 5.32 Å². The molecule has 2 heterocycles. The maximum absolute atomic E-state index is 13.3. The molecule has 1 fully saturated rings. The van der Waals surface area contributed by atoms with E-state index in [-0.39, 0.29) is 29.6 Å². The Bertz CT molecular complexity index is 711. The number of aromatic nitrogens is 2. The second-order valence-electron chi connectivity index (χ2n) is 6.24. The lowest BCUT2D eigenvalue weighted by atomic mass is 10.1. The number of halogens is 1. The van der Waals surface area contributed by atoms with Gasteiger partial charge in [0.25, 0.3) is 0 Å². The first kappa shape index (κ1) is 13.5. The lowest BCUT2D eigenvalue weighted by Gasteiger charge is -2.24. The lowest BCUT2D eigenvalue weighted by molar-refractivity contribution is -0.123. The van der Waals surface area contributed by atoms with E-state index in [0.29, 0.717) is 0 Å². The van der Waals surface area contributed by atoms with Crippen LogP contribution in [0.1, 0.15) is 30.1 Å². The maximum atomic E-state index is 13.3. The molecule has 0 spiro atoms. The predicted octanol–water partition coefficient (Wildman–Crippen LogP) is 2.26. The second-order valence-corrected chi connectivity index (χ2v) is 6.24. The fourth-order valence-electron chi connectivity index (χ4n) is 3.38. The van der Waals surface area contributed by atoms with Crippen molar-refractivity contribution in [2.45, 2.75) is 37.8 Å². The molecule has 3 atom stereocenters. The van der Waals surface area contributed by atoms with E-state index in [1.807, 2.05) is 12.3 Å². The highest BCUT2D eigenvalue weighted by Gasteiger charge is 2.44. The van der Waals surface area contributed by atoms with Crippen molar-refractivity contribution in [2.75, 3.05) is 0 Å². The molecule has 2 aromatic rings. The molecular weight excluding hydrogens is 281 g/mol. The third kappa shape index (κ3) is 2.51. The first-order chi connectivity index (χ1) is 10.7. The zero-order valence-corrected chi connectivity index (χ0v) is 12.2. The van der Waals surface area contributed by atoms with Crippen LogP contribution in [-0.2, 0) is 17.8 Å². The van der Waals surface area contributed by atoms with Gasteiger partial charge in [-0.25, -0.2) is 9.37 Å². The molecule has 0 bridgehead atoms. The Kier molecular flexibility index (Phi) is 3.21. The van der Waals surface area contributed by atoms with E-state index in [0.717, 1.165) is 37.2 Å². The summed E-state index contributed by atoms with van der Waals surface area (Å²) in [4.78, 5) is 16.7. The van der Waals surface area contributed by atoms with Crippen LogP contribution in [0.5, 0.6) is 0 Å². The Hall–Kier alpha value is -2.17. The molecule has 1 aromatic heterocycles. The Morgan fingerprint density at radius 2 is 2.32 bits per heavy atom. The van der Waals surface area contributed by atoms with Crippen molar-refractivity contribution in [1.29, 1.82) is 0 Å². The van der Waals surface area contributed by atoms with Gasteiger partial charge in [-0.3, -0.25) is 4.79 Å². The van der Waals surface area contributed by atoms with Gasteiger partial charge < -0.3 is 9.88 Å². The fraction of sp³-hybridized carbons (Fsp3) is 0.412. The summed E-state index contributed by atoms with van der Waals surface area (Å²) in [5.74, 6) is 1.12. The summed E-state index contributed by atoms with van der Waals surface area (Å²) < 4.78 is 15.4.